The first-order chi connectivity index (χ1) is 9.66. The van der Waals surface area contributed by atoms with Gasteiger partial charge in [-0.1, -0.05) is 11.6 Å². The highest BCUT2D eigenvalue weighted by Gasteiger charge is 2.10. The zero-order valence-corrected chi connectivity index (χ0v) is 13.2. The lowest BCUT2D eigenvalue weighted by molar-refractivity contribution is 0.0845. The van der Waals surface area contributed by atoms with Gasteiger partial charge in [0, 0.05) is 11.6 Å². The van der Waals surface area contributed by atoms with Crippen LogP contribution in [0.2, 0.25) is 5.02 Å². The van der Waals surface area contributed by atoms with Crippen molar-refractivity contribution in [2.45, 2.75) is 26.7 Å². The molecule has 1 aromatic carbocycles. The van der Waals surface area contributed by atoms with Crippen molar-refractivity contribution in [2.75, 3.05) is 39.5 Å². The van der Waals surface area contributed by atoms with Crippen LogP contribution in [-0.2, 0) is 4.74 Å². The van der Waals surface area contributed by atoms with Crippen molar-refractivity contribution in [3.05, 3.63) is 28.3 Å². The lowest BCUT2D eigenvalue weighted by Crippen LogP contribution is -2.24. The molecule has 4 heteroatoms. The Morgan fingerprint density at radius 2 is 1.70 bits per heavy atom. The molecule has 1 aliphatic rings. The maximum absolute atomic E-state index is 6.13. The second kappa shape index (κ2) is 7.87. The van der Waals surface area contributed by atoms with Crippen LogP contribution in [0.4, 0.5) is 0 Å². The summed E-state index contributed by atoms with van der Waals surface area (Å²) >= 11 is 6.13. The highest BCUT2D eigenvalue weighted by atomic mass is 35.5. The molecule has 3 nitrogen and oxygen atoms in total. The standard InChI is InChI=1S/C16H24ClNO2/c1-13-11-15(12-14(2)16(13)17)20-10-9-19-8-7-18-5-3-4-6-18/h11-12H,3-10H2,1-2H3. The summed E-state index contributed by atoms with van der Waals surface area (Å²) in [5, 5.41) is 0.819. The Labute approximate surface area is 126 Å². The molecular weight excluding hydrogens is 274 g/mol. The van der Waals surface area contributed by atoms with Crippen molar-refractivity contribution < 1.29 is 9.47 Å². The molecule has 0 radical (unpaired) electrons. The molecule has 1 saturated heterocycles. The van der Waals surface area contributed by atoms with Gasteiger partial charge in [0.2, 0.25) is 0 Å². The largest absolute Gasteiger partial charge is 0.491 e. The minimum Gasteiger partial charge on any atom is -0.491 e. The Morgan fingerprint density at radius 3 is 2.35 bits per heavy atom. The molecule has 0 N–H and O–H groups in total. The van der Waals surface area contributed by atoms with E-state index in [-0.39, 0.29) is 0 Å². The van der Waals surface area contributed by atoms with Crippen LogP contribution >= 0.6 is 11.6 Å². The lowest BCUT2D eigenvalue weighted by Gasteiger charge is -2.14. The van der Waals surface area contributed by atoms with Gasteiger partial charge in [-0.15, -0.1) is 0 Å². The third-order valence-electron chi connectivity index (χ3n) is 3.66. The summed E-state index contributed by atoms with van der Waals surface area (Å²) in [6.45, 7) is 9.49. The average Bonchev–Trinajstić information content (AvgIpc) is 2.93. The van der Waals surface area contributed by atoms with Gasteiger partial charge in [0.1, 0.15) is 12.4 Å². The first-order valence-corrected chi connectivity index (χ1v) is 7.74. The van der Waals surface area contributed by atoms with Crippen molar-refractivity contribution in [3.63, 3.8) is 0 Å². The van der Waals surface area contributed by atoms with Crippen molar-refractivity contribution in [3.8, 4) is 5.75 Å². The van der Waals surface area contributed by atoms with E-state index in [0.29, 0.717) is 13.2 Å². The fourth-order valence-corrected chi connectivity index (χ4v) is 2.62. The van der Waals surface area contributed by atoms with Gasteiger partial charge in [0.25, 0.3) is 0 Å². The van der Waals surface area contributed by atoms with E-state index in [4.69, 9.17) is 21.1 Å². The van der Waals surface area contributed by atoms with Crippen molar-refractivity contribution in [2.24, 2.45) is 0 Å². The van der Waals surface area contributed by atoms with Crippen molar-refractivity contribution in [1.82, 2.24) is 4.90 Å². The summed E-state index contributed by atoms with van der Waals surface area (Å²) in [7, 11) is 0. The van der Waals surface area contributed by atoms with Crippen LogP contribution in [0, 0.1) is 13.8 Å². The number of likely N-dealkylation sites (tertiary alicyclic amines) is 1. The molecule has 0 unspecified atom stereocenters. The molecule has 1 aromatic rings. The third-order valence-corrected chi connectivity index (χ3v) is 4.25. The van der Waals surface area contributed by atoms with Gasteiger partial charge in [-0.25, -0.2) is 0 Å². The molecule has 112 valence electrons. The van der Waals surface area contributed by atoms with Crippen LogP contribution in [0.25, 0.3) is 0 Å². The fraction of sp³-hybridized carbons (Fsp3) is 0.625. The quantitative estimate of drug-likeness (QED) is 0.720. The van der Waals surface area contributed by atoms with Gasteiger partial charge in [-0.05, 0) is 63.0 Å². The second-order valence-electron chi connectivity index (χ2n) is 5.38. The Morgan fingerprint density at radius 1 is 1.05 bits per heavy atom. The number of rotatable bonds is 7. The smallest absolute Gasteiger partial charge is 0.120 e. The molecule has 0 bridgehead atoms. The monoisotopic (exact) mass is 297 g/mol. The van der Waals surface area contributed by atoms with Crippen LogP contribution in [0.5, 0.6) is 5.75 Å². The molecule has 20 heavy (non-hydrogen) atoms. The predicted molar refractivity (Wildman–Crippen MR) is 82.9 cm³/mol. The first kappa shape index (κ1) is 15.6. The number of hydrogen-bond donors (Lipinski definition) is 0. The van der Waals surface area contributed by atoms with Gasteiger partial charge in [0.05, 0.1) is 13.2 Å². The van der Waals surface area contributed by atoms with E-state index in [9.17, 15) is 0 Å². The Kier molecular flexibility index (Phi) is 6.14. The molecule has 0 amide bonds. The zero-order chi connectivity index (χ0) is 14.4. The molecule has 0 aromatic heterocycles. The Hall–Kier alpha value is -0.770. The number of hydrogen-bond acceptors (Lipinski definition) is 3. The molecule has 0 saturated carbocycles. The van der Waals surface area contributed by atoms with Crippen LogP contribution in [-0.4, -0.2) is 44.4 Å². The molecule has 1 heterocycles. The van der Waals surface area contributed by atoms with E-state index in [1.54, 1.807) is 0 Å². The molecule has 2 rings (SSSR count). The Balaban J connectivity index is 1.61. The molecular formula is C16H24ClNO2. The summed E-state index contributed by atoms with van der Waals surface area (Å²) in [6.07, 6.45) is 2.66. The number of aryl methyl sites for hydroxylation is 2. The van der Waals surface area contributed by atoms with Crippen LogP contribution < -0.4 is 4.74 Å². The van der Waals surface area contributed by atoms with E-state index >= 15 is 0 Å². The zero-order valence-electron chi connectivity index (χ0n) is 12.5. The minimum absolute atomic E-state index is 0.584. The SMILES string of the molecule is Cc1cc(OCCOCCN2CCCC2)cc(C)c1Cl. The van der Waals surface area contributed by atoms with E-state index in [1.807, 2.05) is 26.0 Å². The van der Waals surface area contributed by atoms with Gasteiger partial charge in [-0.2, -0.15) is 0 Å². The molecule has 0 spiro atoms. The summed E-state index contributed by atoms with van der Waals surface area (Å²) in [5.41, 5.74) is 2.10. The fourth-order valence-electron chi connectivity index (χ4n) is 2.51. The summed E-state index contributed by atoms with van der Waals surface area (Å²) in [4.78, 5) is 2.45. The Bertz CT molecular complexity index is 407. The molecule has 0 aliphatic carbocycles. The number of benzene rings is 1. The van der Waals surface area contributed by atoms with Crippen LogP contribution in [0.1, 0.15) is 24.0 Å². The average molecular weight is 298 g/mol. The third kappa shape index (κ3) is 4.65. The van der Waals surface area contributed by atoms with Crippen LogP contribution in [0.3, 0.4) is 0 Å². The van der Waals surface area contributed by atoms with Gasteiger partial charge < -0.3 is 14.4 Å². The maximum atomic E-state index is 6.13. The number of ether oxygens (including phenoxy) is 2. The first-order valence-electron chi connectivity index (χ1n) is 7.36. The van der Waals surface area contributed by atoms with E-state index in [0.717, 1.165) is 35.1 Å². The summed E-state index contributed by atoms with van der Waals surface area (Å²) in [6, 6.07) is 3.94. The summed E-state index contributed by atoms with van der Waals surface area (Å²) < 4.78 is 11.3. The topological polar surface area (TPSA) is 21.7 Å². The summed E-state index contributed by atoms with van der Waals surface area (Å²) in [5.74, 6) is 0.868. The predicted octanol–water partition coefficient (Wildman–Crippen LogP) is 3.45. The highest BCUT2D eigenvalue weighted by molar-refractivity contribution is 6.32. The molecule has 0 atom stereocenters. The maximum Gasteiger partial charge on any atom is 0.120 e. The number of nitrogens with zero attached hydrogens (tertiary/aromatic N) is 1. The van der Waals surface area contributed by atoms with E-state index in [2.05, 4.69) is 4.90 Å². The van der Waals surface area contributed by atoms with Crippen LogP contribution in [0.15, 0.2) is 12.1 Å². The molecule has 1 aliphatic heterocycles. The lowest BCUT2D eigenvalue weighted by atomic mass is 10.1. The second-order valence-corrected chi connectivity index (χ2v) is 5.76. The normalized spacial score (nSPS) is 15.8. The minimum atomic E-state index is 0.584. The van der Waals surface area contributed by atoms with E-state index < -0.39 is 0 Å². The molecule has 1 fully saturated rings. The van der Waals surface area contributed by atoms with Crippen molar-refractivity contribution in [1.29, 1.82) is 0 Å². The highest BCUT2D eigenvalue weighted by Crippen LogP contribution is 2.25. The number of halogens is 1. The van der Waals surface area contributed by atoms with Gasteiger partial charge in [0.15, 0.2) is 0 Å². The van der Waals surface area contributed by atoms with Crippen molar-refractivity contribution >= 4 is 11.6 Å². The van der Waals surface area contributed by atoms with E-state index in [1.165, 1.54) is 25.9 Å². The van der Waals surface area contributed by atoms with Gasteiger partial charge in [-0.3, -0.25) is 0 Å². The van der Waals surface area contributed by atoms with Gasteiger partial charge >= 0.3 is 0 Å².